The van der Waals surface area contributed by atoms with Crippen LogP contribution in [0.15, 0.2) is 30.3 Å². The van der Waals surface area contributed by atoms with Gasteiger partial charge in [0.1, 0.15) is 0 Å². The number of rotatable bonds is 4. The first-order valence-electron chi connectivity index (χ1n) is 6.84. The molecule has 1 atom stereocenters. The number of nitrogens with one attached hydrogen (secondary N) is 1. The first-order valence-corrected chi connectivity index (χ1v) is 6.84. The summed E-state index contributed by atoms with van der Waals surface area (Å²) in [5.41, 5.74) is 0.791. The summed E-state index contributed by atoms with van der Waals surface area (Å²) in [6.07, 6.45) is 1.75. The van der Waals surface area contributed by atoms with E-state index in [0.717, 1.165) is 25.1 Å². The second kappa shape index (κ2) is 7.05. The van der Waals surface area contributed by atoms with Crippen molar-refractivity contribution in [2.45, 2.75) is 12.8 Å². The average molecular weight is 276 g/mol. The van der Waals surface area contributed by atoms with Crippen LogP contribution < -0.4 is 5.32 Å². The van der Waals surface area contributed by atoms with Gasteiger partial charge < -0.3 is 10.1 Å². The molecule has 108 valence electrons. The zero-order valence-electron chi connectivity index (χ0n) is 11.7. The lowest BCUT2D eigenvalue weighted by Gasteiger charge is -2.30. The molecular formula is C15H20N2O3. The Balaban J connectivity index is 1.83. The molecule has 1 aromatic carbocycles. The molecule has 0 bridgehead atoms. The molecule has 1 unspecified atom stereocenters. The Hall–Kier alpha value is -1.88. The van der Waals surface area contributed by atoms with Gasteiger partial charge in [0.2, 0.25) is 5.91 Å². The predicted octanol–water partition coefficient (Wildman–Crippen LogP) is 1.51. The first-order chi connectivity index (χ1) is 9.69. The Morgan fingerprint density at radius 2 is 2.10 bits per heavy atom. The number of carbonyl (C=O) groups excluding carboxylic acids is 2. The number of hydrogen-bond donors (Lipinski definition) is 1. The number of carbonyl (C=O) groups is 2. The van der Waals surface area contributed by atoms with E-state index in [-0.39, 0.29) is 17.8 Å². The number of piperidine rings is 1. The van der Waals surface area contributed by atoms with E-state index in [1.54, 1.807) is 0 Å². The Kier molecular flexibility index (Phi) is 5.12. The Morgan fingerprint density at radius 3 is 2.80 bits per heavy atom. The molecule has 0 aromatic heterocycles. The van der Waals surface area contributed by atoms with Gasteiger partial charge in [-0.3, -0.25) is 14.5 Å². The standard InChI is InChI=1S/C15H20N2O3/c1-20-15(19)12-6-5-9-17(10-12)11-14(18)16-13-7-3-2-4-8-13/h2-4,7-8,12H,5-6,9-11H2,1H3,(H,16,18). The first kappa shape index (κ1) is 14.5. The van der Waals surface area contributed by atoms with Crippen LogP contribution >= 0.6 is 0 Å². The minimum atomic E-state index is -0.182. The molecule has 1 N–H and O–H groups in total. The summed E-state index contributed by atoms with van der Waals surface area (Å²) < 4.78 is 4.77. The van der Waals surface area contributed by atoms with E-state index in [1.165, 1.54) is 7.11 Å². The number of para-hydroxylation sites is 1. The summed E-state index contributed by atoms with van der Waals surface area (Å²) in [4.78, 5) is 25.5. The van der Waals surface area contributed by atoms with E-state index in [9.17, 15) is 9.59 Å². The molecule has 1 fully saturated rings. The molecule has 1 saturated heterocycles. The van der Waals surface area contributed by atoms with Gasteiger partial charge in [0.15, 0.2) is 0 Å². The molecule has 0 radical (unpaired) electrons. The van der Waals surface area contributed by atoms with Crippen LogP contribution in [-0.2, 0) is 14.3 Å². The van der Waals surface area contributed by atoms with Crippen LogP contribution in [0.2, 0.25) is 0 Å². The topological polar surface area (TPSA) is 58.6 Å². The van der Waals surface area contributed by atoms with Gasteiger partial charge in [-0.1, -0.05) is 18.2 Å². The highest BCUT2D eigenvalue weighted by molar-refractivity contribution is 5.92. The third-order valence-electron chi connectivity index (χ3n) is 3.46. The van der Waals surface area contributed by atoms with Gasteiger partial charge in [-0.15, -0.1) is 0 Å². The molecule has 1 amide bonds. The third kappa shape index (κ3) is 4.06. The van der Waals surface area contributed by atoms with Crippen molar-refractivity contribution in [2.75, 3.05) is 32.1 Å². The van der Waals surface area contributed by atoms with Crippen molar-refractivity contribution in [3.8, 4) is 0 Å². The fourth-order valence-electron chi connectivity index (χ4n) is 2.48. The number of benzene rings is 1. The minimum absolute atomic E-state index is 0.0540. The number of ether oxygens (including phenoxy) is 1. The number of esters is 1. The second-order valence-electron chi connectivity index (χ2n) is 5.01. The molecule has 2 rings (SSSR count). The van der Waals surface area contributed by atoms with E-state index < -0.39 is 0 Å². The minimum Gasteiger partial charge on any atom is -0.469 e. The largest absolute Gasteiger partial charge is 0.469 e. The summed E-state index contributed by atoms with van der Waals surface area (Å²) in [7, 11) is 1.41. The number of methoxy groups -OCH3 is 1. The van der Waals surface area contributed by atoms with E-state index >= 15 is 0 Å². The van der Waals surface area contributed by atoms with Crippen LogP contribution in [0.5, 0.6) is 0 Å². The van der Waals surface area contributed by atoms with E-state index in [1.807, 2.05) is 35.2 Å². The molecule has 1 aliphatic heterocycles. The average Bonchev–Trinajstić information content (AvgIpc) is 2.47. The van der Waals surface area contributed by atoms with Crippen molar-refractivity contribution >= 4 is 17.6 Å². The summed E-state index contributed by atoms with van der Waals surface area (Å²) >= 11 is 0. The van der Waals surface area contributed by atoms with Gasteiger partial charge in [-0.2, -0.15) is 0 Å². The Morgan fingerprint density at radius 1 is 1.35 bits per heavy atom. The lowest BCUT2D eigenvalue weighted by Crippen LogP contribution is -2.42. The van der Waals surface area contributed by atoms with Crippen molar-refractivity contribution < 1.29 is 14.3 Å². The van der Waals surface area contributed by atoms with E-state index in [2.05, 4.69) is 5.32 Å². The Labute approximate surface area is 118 Å². The number of amides is 1. The highest BCUT2D eigenvalue weighted by atomic mass is 16.5. The van der Waals surface area contributed by atoms with Crippen molar-refractivity contribution in [3.63, 3.8) is 0 Å². The summed E-state index contributed by atoms with van der Waals surface area (Å²) in [6.45, 7) is 1.74. The van der Waals surface area contributed by atoms with Crippen LogP contribution in [0.1, 0.15) is 12.8 Å². The van der Waals surface area contributed by atoms with Crippen LogP contribution in [0.3, 0.4) is 0 Å². The lowest BCUT2D eigenvalue weighted by molar-refractivity contribution is -0.147. The molecular weight excluding hydrogens is 256 g/mol. The highest BCUT2D eigenvalue weighted by Gasteiger charge is 2.27. The molecule has 20 heavy (non-hydrogen) atoms. The maximum absolute atomic E-state index is 12.0. The molecule has 1 aliphatic rings. The van der Waals surface area contributed by atoms with Crippen LogP contribution in [0.4, 0.5) is 5.69 Å². The second-order valence-corrected chi connectivity index (χ2v) is 5.01. The van der Waals surface area contributed by atoms with Crippen LogP contribution in [0.25, 0.3) is 0 Å². The number of hydrogen-bond acceptors (Lipinski definition) is 4. The summed E-state index contributed by atoms with van der Waals surface area (Å²) in [5, 5.41) is 2.85. The highest BCUT2D eigenvalue weighted by Crippen LogP contribution is 2.17. The maximum atomic E-state index is 12.0. The molecule has 1 aromatic rings. The van der Waals surface area contributed by atoms with Crippen LogP contribution in [0, 0.1) is 5.92 Å². The van der Waals surface area contributed by atoms with Gasteiger partial charge in [0.25, 0.3) is 0 Å². The monoisotopic (exact) mass is 276 g/mol. The van der Waals surface area contributed by atoms with Gasteiger partial charge in [0, 0.05) is 12.2 Å². The summed E-state index contributed by atoms with van der Waals surface area (Å²) in [6, 6.07) is 9.37. The van der Waals surface area contributed by atoms with Gasteiger partial charge in [-0.25, -0.2) is 0 Å². The van der Waals surface area contributed by atoms with Crippen molar-refractivity contribution in [2.24, 2.45) is 5.92 Å². The third-order valence-corrected chi connectivity index (χ3v) is 3.46. The predicted molar refractivity (Wildman–Crippen MR) is 76.3 cm³/mol. The molecule has 0 spiro atoms. The number of anilines is 1. The smallest absolute Gasteiger partial charge is 0.309 e. The van der Waals surface area contributed by atoms with Crippen molar-refractivity contribution in [1.29, 1.82) is 0 Å². The fourth-order valence-corrected chi connectivity index (χ4v) is 2.48. The molecule has 0 saturated carbocycles. The van der Waals surface area contributed by atoms with Gasteiger partial charge in [-0.05, 0) is 31.5 Å². The lowest BCUT2D eigenvalue weighted by atomic mass is 9.98. The van der Waals surface area contributed by atoms with Crippen molar-refractivity contribution in [3.05, 3.63) is 30.3 Å². The normalized spacial score (nSPS) is 19.4. The summed E-state index contributed by atoms with van der Waals surface area (Å²) in [5.74, 6) is -0.349. The van der Waals surface area contributed by atoms with Crippen LogP contribution in [-0.4, -0.2) is 43.5 Å². The Bertz CT molecular complexity index is 461. The van der Waals surface area contributed by atoms with Gasteiger partial charge in [0.05, 0.1) is 19.6 Å². The molecule has 1 heterocycles. The SMILES string of the molecule is COC(=O)C1CCCN(CC(=O)Nc2ccccc2)C1. The van der Waals surface area contributed by atoms with Crippen molar-refractivity contribution in [1.82, 2.24) is 4.90 Å². The van der Waals surface area contributed by atoms with E-state index in [0.29, 0.717) is 13.1 Å². The number of likely N-dealkylation sites (tertiary alicyclic amines) is 1. The molecule has 5 heteroatoms. The van der Waals surface area contributed by atoms with Gasteiger partial charge >= 0.3 is 5.97 Å². The molecule has 0 aliphatic carbocycles. The quantitative estimate of drug-likeness (QED) is 0.847. The zero-order chi connectivity index (χ0) is 14.4. The molecule has 5 nitrogen and oxygen atoms in total. The maximum Gasteiger partial charge on any atom is 0.309 e. The fraction of sp³-hybridized carbons (Fsp3) is 0.467. The zero-order valence-corrected chi connectivity index (χ0v) is 11.7. The van der Waals surface area contributed by atoms with E-state index in [4.69, 9.17) is 4.74 Å². The number of nitrogens with zero attached hydrogens (tertiary/aromatic N) is 1.